The molecule has 1 aliphatic carbocycles. The monoisotopic (exact) mass is 306 g/mol. The van der Waals surface area contributed by atoms with Crippen LogP contribution >= 0.6 is 0 Å². The van der Waals surface area contributed by atoms with Gasteiger partial charge in [-0.15, -0.1) is 0 Å². The Balaban J connectivity index is 1.86. The van der Waals surface area contributed by atoms with E-state index < -0.39 is 11.7 Å². The van der Waals surface area contributed by atoms with Gasteiger partial charge in [0.25, 0.3) is 0 Å². The Bertz CT molecular complexity index is 519. The minimum Gasteiger partial charge on any atom is -0.491 e. The van der Waals surface area contributed by atoms with E-state index in [1.807, 2.05) is 39.0 Å². The normalized spacial score (nSPS) is 15.0. The van der Waals surface area contributed by atoms with E-state index in [0.717, 1.165) is 5.56 Å². The van der Waals surface area contributed by atoms with Gasteiger partial charge in [0.1, 0.15) is 11.4 Å². The van der Waals surface area contributed by atoms with Crippen LogP contribution < -0.4 is 15.8 Å². The fraction of sp³-hybridized carbons (Fsp3) is 0.588. The third kappa shape index (κ3) is 5.13. The van der Waals surface area contributed by atoms with Gasteiger partial charge < -0.3 is 20.5 Å². The molecule has 22 heavy (non-hydrogen) atoms. The molecule has 0 heterocycles. The van der Waals surface area contributed by atoms with Crippen molar-refractivity contribution in [2.24, 2.45) is 5.92 Å². The Labute approximate surface area is 132 Å². The highest BCUT2D eigenvalue weighted by atomic mass is 16.6. The van der Waals surface area contributed by atoms with Gasteiger partial charge in [0.15, 0.2) is 0 Å². The SMILES string of the molecule is CC(C)(C)OC(=O)NCc1ccc(N)c(OCC2CCC2)c1. The molecule has 122 valence electrons. The van der Waals surface area contributed by atoms with E-state index in [4.69, 9.17) is 15.2 Å². The molecule has 5 heteroatoms. The number of rotatable bonds is 5. The second-order valence-corrected chi connectivity index (χ2v) is 6.84. The van der Waals surface area contributed by atoms with E-state index in [0.29, 0.717) is 30.5 Å². The van der Waals surface area contributed by atoms with E-state index in [-0.39, 0.29) is 0 Å². The molecule has 1 amide bonds. The number of alkyl carbamates (subject to hydrolysis) is 1. The predicted octanol–water partition coefficient (Wildman–Crippen LogP) is 3.47. The van der Waals surface area contributed by atoms with Crippen LogP contribution in [-0.4, -0.2) is 18.3 Å². The van der Waals surface area contributed by atoms with Crippen LogP contribution in [0.15, 0.2) is 18.2 Å². The summed E-state index contributed by atoms with van der Waals surface area (Å²) in [4.78, 5) is 11.7. The highest BCUT2D eigenvalue weighted by molar-refractivity contribution is 5.67. The molecule has 0 spiro atoms. The summed E-state index contributed by atoms with van der Waals surface area (Å²) in [5.41, 5.74) is 7.00. The number of carbonyl (C=O) groups is 1. The van der Waals surface area contributed by atoms with Gasteiger partial charge in [0, 0.05) is 6.54 Å². The lowest BCUT2D eigenvalue weighted by molar-refractivity contribution is 0.0523. The highest BCUT2D eigenvalue weighted by Gasteiger charge is 2.19. The van der Waals surface area contributed by atoms with Crippen molar-refractivity contribution in [3.63, 3.8) is 0 Å². The number of nitrogens with one attached hydrogen (secondary N) is 1. The molecule has 1 aromatic carbocycles. The summed E-state index contributed by atoms with van der Waals surface area (Å²) in [6.45, 7) is 6.61. The molecule has 0 aliphatic heterocycles. The average Bonchev–Trinajstić information content (AvgIpc) is 2.35. The van der Waals surface area contributed by atoms with Gasteiger partial charge in [-0.3, -0.25) is 0 Å². The molecule has 0 unspecified atom stereocenters. The first-order valence-corrected chi connectivity index (χ1v) is 7.81. The minimum atomic E-state index is -0.498. The first-order chi connectivity index (χ1) is 10.3. The Hall–Kier alpha value is -1.91. The summed E-state index contributed by atoms with van der Waals surface area (Å²) in [5, 5.41) is 2.73. The topological polar surface area (TPSA) is 73.6 Å². The largest absolute Gasteiger partial charge is 0.491 e. The smallest absolute Gasteiger partial charge is 0.407 e. The van der Waals surface area contributed by atoms with Crippen molar-refractivity contribution in [3.8, 4) is 5.75 Å². The molecule has 0 aromatic heterocycles. The van der Waals surface area contributed by atoms with Crippen molar-refractivity contribution in [1.29, 1.82) is 0 Å². The maximum absolute atomic E-state index is 11.7. The third-order valence-corrected chi connectivity index (χ3v) is 3.61. The molecule has 1 aliphatic rings. The number of nitrogens with two attached hydrogens (primary N) is 1. The Morgan fingerprint density at radius 2 is 2.09 bits per heavy atom. The number of ether oxygens (including phenoxy) is 2. The van der Waals surface area contributed by atoms with E-state index in [1.165, 1.54) is 19.3 Å². The van der Waals surface area contributed by atoms with Crippen molar-refractivity contribution < 1.29 is 14.3 Å². The van der Waals surface area contributed by atoms with Gasteiger partial charge >= 0.3 is 6.09 Å². The van der Waals surface area contributed by atoms with Crippen molar-refractivity contribution in [1.82, 2.24) is 5.32 Å². The van der Waals surface area contributed by atoms with Gasteiger partial charge in [-0.1, -0.05) is 12.5 Å². The molecular weight excluding hydrogens is 280 g/mol. The fourth-order valence-electron chi connectivity index (χ4n) is 2.17. The molecule has 5 nitrogen and oxygen atoms in total. The molecule has 1 saturated carbocycles. The zero-order chi connectivity index (χ0) is 16.2. The number of carbonyl (C=O) groups excluding carboxylic acids is 1. The standard InChI is InChI=1S/C17H26N2O3/c1-17(2,3)22-16(20)19-10-13-7-8-14(18)15(9-13)21-11-12-5-4-6-12/h7-9,12H,4-6,10-11,18H2,1-3H3,(H,19,20). The number of hydrogen-bond acceptors (Lipinski definition) is 4. The van der Waals surface area contributed by atoms with Crippen LogP contribution in [0.4, 0.5) is 10.5 Å². The summed E-state index contributed by atoms with van der Waals surface area (Å²) in [7, 11) is 0. The number of nitrogen functional groups attached to an aromatic ring is 1. The minimum absolute atomic E-state index is 0.384. The Morgan fingerprint density at radius 1 is 1.36 bits per heavy atom. The van der Waals surface area contributed by atoms with E-state index in [2.05, 4.69) is 5.32 Å². The van der Waals surface area contributed by atoms with Gasteiger partial charge in [-0.25, -0.2) is 4.79 Å². The summed E-state index contributed by atoms with van der Waals surface area (Å²) < 4.78 is 11.0. The quantitative estimate of drug-likeness (QED) is 0.817. The fourth-order valence-corrected chi connectivity index (χ4v) is 2.17. The maximum Gasteiger partial charge on any atom is 0.407 e. The van der Waals surface area contributed by atoms with Crippen LogP contribution in [0.2, 0.25) is 0 Å². The van der Waals surface area contributed by atoms with Crippen molar-refractivity contribution in [2.75, 3.05) is 12.3 Å². The second kappa shape index (κ2) is 6.90. The van der Waals surface area contributed by atoms with Crippen LogP contribution in [-0.2, 0) is 11.3 Å². The molecule has 2 rings (SSSR count). The summed E-state index contributed by atoms with van der Waals surface area (Å²) in [6.07, 6.45) is 3.34. The summed E-state index contributed by atoms with van der Waals surface area (Å²) >= 11 is 0. The molecule has 0 bridgehead atoms. The lowest BCUT2D eigenvalue weighted by atomic mass is 9.86. The van der Waals surface area contributed by atoms with Crippen molar-refractivity contribution >= 4 is 11.8 Å². The van der Waals surface area contributed by atoms with Crippen LogP contribution in [0, 0.1) is 5.92 Å². The molecule has 3 N–H and O–H groups in total. The average molecular weight is 306 g/mol. The highest BCUT2D eigenvalue weighted by Crippen LogP contribution is 2.29. The van der Waals surface area contributed by atoms with E-state index in [9.17, 15) is 4.79 Å². The van der Waals surface area contributed by atoms with E-state index in [1.54, 1.807) is 0 Å². The van der Waals surface area contributed by atoms with Crippen molar-refractivity contribution in [2.45, 2.75) is 52.2 Å². The maximum atomic E-state index is 11.7. The number of hydrogen-bond donors (Lipinski definition) is 2. The molecule has 0 radical (unpaired) electrons. The third-order valence-electron chi connectivity index (χ3n) is 3.61. The predicted molar refractivity (Wildman–Crippen MR) is 86.8 cm³/mol. The summed E-state index contributed by atoms with van der Waals surface area (Å²) in [6, 6.07) is 5.57. The molecular formula is C17H26N2O3. The van der Waals surface area contributed by atoms with Gasteiger partial charge in [-0.05, 0) is 57.2 Å². The lowest BCUT2D eigenvalue weighted by Gasteiger charge is -2.25. The zero-order valence-corrected chi connectivity index (χ0v) is 13.6. The first-order valence-electron chi connectivity index (χ1n) is 7.81. The second-order valence-electron chi connectivity index (χ2n) is 6.84. The molecule has 1 fully saturated rings. The number of anilines is 1. The Morgan fingerprint density at radius 3 is 2.68 bits per heavy atom. The van der Waals surface area contributed by atoms with Gasteiger partial charge in [0.2, 0.25) is 0 Å². The number of amides is 1. The number of benzene rings is 1. The van der Waals surface area contributed by atoms with E-state index >= 15 is 0 Å². The zero-order valence-electron chi connectivity index (χ0n) is 13.6. The van der Waals surface area contributed by atoms with Crippen LogP contribution in [0.5, 0.6) is 5.75 Å². The van der Waals surface area contributed by atoms with Crippen LogP contribution in [0.25, 0.3) is 0 Å². The van der Waals surface area contributed by atoms with Gasteiger partial charge in [-0.2, -0.15) is 0 Å². The summed E-state index contributed by atoms with van der Waals surface area (Å²) in [5.74, 6) is 1.35. The Kier molecular flexibility index (Phi) is 5.16. The van der Waals surface area contributed by atoms with Crippen LogP contribution in [0.1, 0.15) is 45.6 Å². The molecule has 0 atom stereocenters. The van der Waals surface area contributed by atoms with Crippen LogP contribution in [0.3, 0.4) is 0 Å². The molecule has 1 aromatic rings. The van der Waals surface area contributed by atoms with Gasteiger partial charge in [0.05, 0.1) is 12.3 Å². The lowest BCUT2D eigenvalue weighted by Crippen LogP contribution is -2.32. The van der Waals surface area contributed by atoms with Crippen molar-refractivity contribution in [3.05, 3.63) is 23.8 Å². The molecule has 0 saturated heterocycles. The first kappa shape index (κ1) is 16.5.